The van der Waals surface area contributed by atoms with Crippen molar-refractivity contribution in [3.05, 3.63) is 0 Å². The molecule has 0 aromatic rings. The van der Waals surface area contributed by atoms with E-state index < -0.39 is 23.8 Å². The van der Waals surface area contributed by atoms with Crippen molar-refractivity contribution < 1.29 is 19.7 Å². The van der Waals surface area contributed by atoms with Crippen molar-refractivity contribution in [1.82, 2.24) is 0 Å². The lowest BCUT2D eigenvalue weighted by molar-refractivity contribution is -0.157. The van der Waals surface area contributed by atoms with Crippen LogP contribution in [0.2, 0.25) is 0 Å². The summed E-state index contributed by atoms with van der Waals surface area (Å²) in [7, 11) is 0. The van der Waals surface area contributed by atoms with E-state index in [9.17, 15) is 9.90 Å². The number of carbonyl (C=O) groups excluding carboxylic acids is 1. The first-order chi connectivity index (χ1) is 6.74. The van der Waals surface area contributed by atoms with E-state index in [1.807, 2.05) is 0 Å². The zero-order valence-corrected chi connectivity index (χ0v) is 9.56. The average Bonchev–Trinajstić information content (AvgIpc) is 1.99. The van der Waals surface area contributed by atoms with Gasteiger partial charge < -0.3 is 20.7 Å². The maximum absolute atomic E-state index is 11.2. The minimum atomic E-state index is -0.904. The fourth-order valence-corrected chi connectivity index (χ4v) is 1.07. The van der Waals surface area contributed by atoms with Crippen LogP contribution in [0.1, 0.15) is 33.6 Å². The number of carbonyl (C=O) groups is 1. The Kier molecular flexibility index (Phi) is 5.79. The van der Waals surface area contributed by atoms with Crippen LogP contribution in [0.15, 0.2) is 0 Å². The Morgan fingerprint density at radius 2 is 1.87 bits per heavy atom. The maximum Gasteiger partial charge on any atom is 0.308 e. The fourth-order valence-electron chi connectivity index (χ4n) is 1.07. The lowest BCUT2D eigenvalue weighted by Gasteiger charge is -2.21. The van der Waals surface area contributed by atoms with Crippen molar-refractivity contribution in [3.8, 4) is 0 Å². The molecule has 0 aliphatic carbocycles. The summed E-state index contributed by atoms with van der Waals surface area (Å²) in [6.45, 7) is 5.34. The number of aliphatic hydroxyl groups excluding tert-OH is 2. The summed E-state index contributed by atoms with van der Waals surface area (Å²) < 4.78 is 5.01. The number of nitrogens with two attached hydrogens (primary N) is 1. The number of rotatable bonds is 5. The van der Waals surface area contributed by atoms with Gasteiger partial charge in [-0.1, -0.05) is 0 Å². The molecule has 15 heavy (non-hydrogen) atoms. The Hall–Kier alpha value is -0.650. The van der Waals surface area contributed by atoms with Crippen LogP contribution in [0.5, 0.6) is 0 Å². The standard InChI is InChI=1S/C10H21NO4/c1-10(2,3)15-9(14)5-7(12)4-8(13)6-11/h7-8,12-13H,4-6,11H2,1-3H3/t7-,8-/m1/s1. The van der Waals surface area contributed by atoms with E-state index in [4.69, 9.17) is 15.6 Å². The molecule has 0 aromatic heterocycles. The number of hydrogen-bond donors (Lipinski definition) is 3. The van der Waals surface area contributed by atoms with Gasteiger partial charge in [0.15, 0.2) is 0 Å². The van der Waals surface area contributed by atoms with Gasteiger partial charge in [0, 0.05) is 13.0 Å². The Labute approximate surface area is 90.2 Å². The SMILES string of the molecule is CC(C)(C)OC(=O)C[C@H](O)C[C@@H](O)CN. The Bertz CT molecular complexity index is 200. The molecule has 4 N–H and O–H groups in total. The summed E-state index contributed by atoms with van der Waals surface area (Å²) >= 11 is 0. The smallest absolute Gasteiger partial charge is 0.308 e. The molecule has 0 saturated heterocycles. The van der Waals surface area contributed by atoms with Crippen molar-refractivity contribution in [2.45, 2.75) is 51.4 Å². The van der Waals surface area contributed by atoms with Crippen LogP contribution >= 0.6 is 0 Å². The van der Waals surface area contributed by atoms with Crippen molar-refractivity contribution in [3.63, 3.8) is 0 Å². The molecular weight excluding hydrogens is 198 g/mol. The topological polar surface area (TPSA) is 92.8 Å². The summed E-state index contributed by atoms with van der Waals surface area (Å²) in [5.41, 5.74) is 4.62. The molecule has 0 aliphatic heterocycles. The maximum atomic E-state index is 11.2. The average molecular weight is 219 g/mol. The van der Waals surface area contributed by atoms with E-state index >= 15 is 0 Å². The van der Waals surface area contributed by atoms with Gasteiger partial charge in [-0.2, -0.15) is 0 Å². The van der Waals surface area contributed by atoms with Gasteiger partial charge in [0.2, 0.25) is 0 Å². The number of ether oxygens (including phenoxy) is 1. The van der Waals surface area contributed by atoms with E-state index in [-0.39, 0.29) is 19.4 Å². The first-order valence-electron chi connectivity index (χ1n) is 5.02. The molecule has 0 amide bonds. The summed E-state index contributed by atoms with van der Waals surface area (Å²) in [4.78, 5) is 11.2. The highest BCUT2D eigenvalue weighted by atomic mass is 16.6. The van der Waals surface area contributed by atoms with E-state index in [0.29, 0.717) is 0 Å². The molecule has 0 unspecified atom stereocenters. The summed E-state index contributed by atoms with van der Waals surface area (Å²) in [6, 6.07) is 0. The Morgan fingerprint density at radius 1 is 1.33 bits per heavy atom. The molecule has 0 aromatic carbocycles. The normalized spacial score (nSPS) is 15.9. The second kappa shape index (κ2) is 6.05. The van der Waals surface area contributed by atoms with Gasteiger partial charge in [0.05, 0.1) is 18.6 Å². The van der Waals surface area contributed by atoms with E-state index in [1.165, 1.54) is 0 Å². The van der Waals surface area contributed by atoms with Crippen molar-refractivity contribution in [1.29, 1.82) is 0 Å². The zero-order valence-electron chi connectivity index (χ0n) is 9.56. The van der Waals surface area contributed by atoms with Crippen LogP contribution < -0.4 is 5.73 Å². The second-order valence-corrected chi connectivity index (χ2v) is 4.57. The van der Waals surface area contributed by atoms with Gasteiger partial charge in [-0.3, -0.25) is 4.79 Å². The zero-order chi connectivity index (χ0) is 12.1. The Balaban J connectivity index is 3.87. The molecule has 0 spiro atoms. The van der Waals surface area contributed by atoms with E-state index in [2.05, 4.69) is 0 Å². The predicted molar refractivity (Wildman–Crippen MR) is 56.1 cm³/mol. The molecule has 0 heterocycles. The van der Waals surface area contributed by atoms with Crippen LogP contribution in [0.3, 0.4) is 0 Å². The van der Waals surface area contributed by atoms with Crippen LogP contribution in [0.25, 0.3) is 0 Å². The van der Waals surface area contributed by atoms with Gasteiger partial charge in [0.1, 0.15) is 5.60 Å². The largest absolute Gasteiger partial charge is 0.460 e. The highest BCUT2D eigenvalue weighted by Crippen LogP contribution is 2.10. The molecule has 90 valence electrons. The second-order valence-electron chi connectivity index (χ2n) is 4.57. The monoisotopic (exact) mass is 219 g/mol. The third-order valence-corrected chi connectivity index (χ3v) is 1.64. The summed E-state index contributed by atoms with van der Waals surface area (Å²) in [5.74, 6) is -0.473. The third kappa shape index (κ3) is 8.35. The Morgan fingerprint density at radius 3 is 2.27 bits per heavy atom. The molecule has 0 aliphatic rings. The van der Waals surface area contributed by atoms with E-state index in [0.717, 1.165) is 0 Å². The van der Waals surface area contributed by atoms with Crippen molar-refractivity contribution in [2.75, 3.05) is 6.54 Å². The molecule has 2 atom stereocenters. The molecular formula is C10H21NO4. The minimum Gasteiger partial charge on any atom is -0.460 e. The molecule has 0 bridgehead atoms. The highest BCUT2D eigenvalue weighted by Gasteiger charge is 2.20. The molecule has 0 rings (SSSR count). The van der Waals surface area contributed by atoms with Crippen LogP contribution in [-0.2, 0) is 9.53 Å². The molecule has 5 heteroatoms. The van der Waals surface area contributed by atoms with Crippen LogP contribution in [0, 0.1) is 0 Å². The highest BCUT2D eigenvalue weighted by molar-refractivity contribution is 5.70. The predicted octanol–water partition coefficient (Wildman–Crippen LogP) is -0.211. The lowest BCUT2D eigenvalue weighted by Crippen LogP contribution is -2.30. The molecule has 0 saturated carbocycles. The molecule has 0 fully saturated rings. The van der Waals surface area contributed by atoms with E-state index in [1.54, 1.807) is 20.8 Å². The quantitative estimate of drug-likeness (QED) is 0.556. The van der Waals surface area contributed by atoms with Gasteiger partial charge in [-0.05, 0) is 20.8 Å². The summed E-state index contributed by atoms with van der Waals surface area (Å²) in [5, 5.41) is 18.5. The first kappa shape index (κ1) is 14.3. The van der Waals surface area contributed by atoms with Gasteiger partial charge in [0.25, 0.3) is 0 Å². The van der Waals surface area contributed by atoms with Gasteiger partial charge >= 0.3 is 5.97 Å². The molecule has 5 nitrogen and oxygen atoms in total. The number of aliphatic hydroxyl groups is 2. The van der Waals surface area contributed by atoms with Crippen molar-refractivity contribution >= 4 is 5.97 Å². The fraction of sp³-hybridized carbons (Fsp3) is 0.900. The molecule has 0 radical (unpaired) electrons. The van der Waals surface area contributed by atoms with Crippen LogP contribution in [-0.4, -0.2) is 40.5 Å². The van der Waals surface area contributed by atoms with Gasteiger partial charge in [-0.25, -0.2) is 0 Å². The van der Waals surface area contributed by atoms with Crippen LogP contribution in [0.4, 0.5) is 0 Å². The number of hydrogen-bond acceptors (Lipinski definition) is 5. The first-order valence-corrected chi connectivity index (χ1v) is 5.02. The third-order valence-electron chi connectivity index (χ3n) is 1.64. The summed E-state index contributed by atoms with van der Waals surface area (Å²) in [6.07, 6.45) is -1.70. The lowest BCUT2D eigenvalue weighted by atomic mass is 10.1. The van der Waals surface area contributed by atoms with Crippen molar-refractivity contribution in [2.24, 2.45) is 5.73 Å². The van der Waals surface area contributed by atoms with Gasteiger partial charge in [-0.15, -0.1) is 0 Å². The minimum absolute atomic E-state index is 0.0748. The number of esters is 1.